The van der Waals surface area contributed by atoms with E-state index in [-0.39, 0.29) is 18.4 Å². The van der Waals surface area contributed by atoms with Gasteiger partial charge in [0.2, 0.25) is 11.8 Å². The predicted octanol–water partition coefficient (Wildman–Crippen LogP) is 0.600. The van der Waals surface area contributed by atoms with Gasteiger partial charge in [0.25, 0.3) is 5.88 Å². The molecule has 1 aromatic rings. The van der Waals surface area contributed by atoms with Crippen molar-refractivity contribution in [3.63, 3.8) is 0 Å². The molecule has 0 bridgehead atoms. The lowest BCUT2D eigenvalue weighted by Crippen LogP contribution is -2.03. The summed E-state index contributed by atoms with van der Waals surface area (Å²) in [6.07, 6.45) is 6.32. The van der Waals surface area contributed by atoms with Crippen LogP contribution in [0, 0.1) is 18.2 Å². The predicted molar refractivity (Wildman–Crippen MR) is 45.3 cm³/mol. The van der Waals surface area contributed by atoms with E-state index in [1.54, 1.807) is 0 Å². The first kappa shape index (κ1) is 9.26. The third-order valence-corrected chi connectivity index (χ3v) is 1.22. The summed E-state index contributed by atoms with van der Waals surface area (Å²) in [5.74, 6) is 1.51. The summed E-state index contributed by atoms with van der Waals surface area (Å²) in [5.41, 5.74) is 5.22. The molecule has 1 aromatic heterocycles. The minimum atomic E-state index is -0.647. The maximum absolute atomic E-state index is 12.8. The molecule has 68 valence electrons. The third kappa shape index (κ3) is 2.60. The van der Waals surface area contributed by atoms with Crippen molar-refractivity contribution in [3.8, 4) is 18.2 Å². The number of nitrogens with zero attached hydrogens (tertiary/aromatic N) is 2. The van der Waals surface area contributed by atoms with E-state index in [0.29, 0.717) is 6.42 Å². The second-order valence-corrected chi connectivity index (χ2v) is 2.18. The minimum absolute atomic E-state index is 0.0305. The Morgan fingerprint density at radius 2 is 2.46 bits per heavy atom. The summed E-state index contributed by atoms with van der Waals surface area (Å²) in [6, 6.07) is 0. The standard InChI is InChI=1S/C8H8FN3O/c1-2-3-4-13-7-6(9)5-11-8(10)12-7/h1,5H,3-4H2,(H2,10,11,12). The highest BCUT2D eigenvalue weighted by molar-refractivity contribution is 5.22. The van der Waals surface area contributed by atoms with E-state index in [2.05, 4.69) is 15.9 Å². The maximum Gasteiger partial charge on any atom is 0.255 e. The topological polar surface area (TPSA) is 61.0 Å². The Bertz CT molecular complexity index is 335. The molecular formula is C8H8FN3O. The zero-order valence-corrected chi connectivity index (χ0v) is 6.83. The fourth-order valence-corrected chi connectivity index (χ4v) is 0.672. The van der Waals surface area contributed by atoms with Crippen molar-refractivity contribution in [1.82, 2.24) is 9.97 Å². The van der Waals surface area contributed by atoms with Crippen LogP contribution in [0.4, 0.5) is 10.3 Å². The number of terminal acetylenes is 1. The van der Waals surface area contributed by atoms with Gasteiger partial charge in [-0.1, -0.05) is 0 Å². The monoisotopic (exact) mass is 181 g/mol. The number of rotatable bonds is 3. The van der Waals surface area contributed by atoms with Crippen LogP contribution in [0.5, 0.6) is 5.88 Å². The van der Waals surface area contributed by atoms with Gasteiger partial charge in [-0.15, -0.1) is 12.3 Å². The van der Waals surface area contributed by atoms with Crippen molar-refractivity contribution in [2.75, 3.05) is 12.3 Å². The molecular weight excluding hydrogens is 173 g/mol. The summed E-state index contributed by atoms with van der Waals surface area (Å²) in [7, 11) is 0. The molecule has 0 atom stereocenters. The molecule has 1 heterocycles. The van der Waals surface area contributed by atoms with E-state index in [0.717, 1.165) is 6.20 Å². The molecule has 0 spiro atoms. The first-order valence-corrected chi connectivity index (χ1v) is 3.58. The van der Waals surface area contributed by atoms with Gasteiger partial charge in [-0.05, 0) is 0 Å². The zero-order chi connectivity index (χ0) is 9.68. The van der Waals surface area contributed by atoms with Crippen LogP contribution in [0.25, 0.3) is 0 Å². The number of nitrogen functional groups attached to an aromatic ring is 1. The molecule has 0 saturated heterocycles. The van der Waals surface area contributed by atoms with E-state index < -0.39 is 5.82 Å². The molecule has 5 heteroatoms. The molecule has 0 unspecified atom stereocenters. The van der Waals surface area contributed by atoms with Crippen LogP contribution in [0.1, 0.15) is 6.42 Å². The second kappa shape index (κ2) is 4.26. The summed E-state index contributed by atoms with van der Waals surface area (Å²) in [4.78, 5) is 6.98. The summed E-state index contributed by atoms with van der Waals surface area (Å²) >= 11 is 0. The Labute approximate surface area is 74.9 Å². The van der Waals surface area contributed by atoms with Crippen LogP contribution in [0.15, 0.2) is 6.20 Å². The highest BCUT2D eigenvalue weighted by Crippen LogP contribution is 2.12. The van der Waals surface area contributed by atoms with Crippen molar-refractivity contribution in [1.29, 1.82) is 0 Å². The zero-order valence-electron chi connectivity index (χ0n) is 6.83. The van der Waals surface area contributed by atoms with Gasteiger partial charge >= 0.3 is 0 Å². The molecule has 0 fully saturated rings. The van der Waals surface area contributed by atoms with Gasteiger partial charge in [0.1, 0.15) is 6.61 Å². The molecule has 0 radical (unpaired) electrons. The van der Waals surface area contributed by atoms with E-state index >= 15 is 0 Å². The number of hydrogen-bond donors (Lipinski definition) is 1. The van der Waals surface area contributed by atoms with Crippen molar-refractivity contribution in [2.45, 2.75) is 6.42 Å². The number of nitrogens with two attached hydrogens (primary N) is 1. The fourth-order valence-electron chi connectivity index (χ4n) is 0.672. The quantitative estimate of drug-likeness (QED) is 0.548. The third-order valence-electron chi connectivity index (χ3n) is 1.22. The number of aromatic nitrogens is 2. The van der Waals surface area contributed by atoms with E-state index in [9.17, 15) is 4.39 Å². The van der Waals surface area contributed by atoms with Gasteiger partial charge in [0, 0.05) is 6.42 Å². The SMILES string of the molecule is C#CCCOc1nc(N)ncc1F. The summed E-state index contributed by atoms with van der Waals surface area (Å²) in [6.45, 7) is 0.212. The van der Waals surface area contributed by atoms with Crippen LogP contribution in [0.3, 0.4) is 0 Å². The van der Waals surface area contributed by atoms with Crippen LogP contribution in [-0.2, 0) is 0 Å². The molecule has 0 aliphatic rings. The first-order valence-electron chi connectivity index (χ1n) is 3.58. The Balaban J connectivity index is 2.65. The summed E-state index contributed by atoms with van der Waals surface area (Å²) in [5, 5.41) is 0. The molecule has 0 saturated carbocycles. The maximum atomic E-state index is 12.8. The van der Waals surface area contributed by atoms with Crippen molar-refractivity contribution in [3.05, 3.63) is 12.0 Å². The molecule has 2 N–H and O–H groups in total. The van der Waals surface area contributed by atoms with E-state index in [1.165, 1.54) is 0 Å². The van der Waals surface area contributed by atoms with Crippen LogP contribution in [0.2, 0.25) is 0 Å². The Hall–Kier alpha value is -1.83. The van der Waals surface area contributed by atoms with Gasteiger partial charge < -0.3 is 10.5 Å². The smallest absolute Gasteiger partial charge is 0.255 e. The number of halogens is 1. The number of hydrogen-bond acceptors (Lipinski definition) is 4. The molecule has 4 nitrogen and oxygen atoms in total. The van der Waals surface area contributed by atoms with E-state index in [1.807, 2.05) is 0 Å². The van der Waals surface area contributed by atoms with Crippen molar-refractivity contribution in [2.24, 2.45) is 0 Å². The minimum Gasteiger partial charge on any atom is -0.474 e. The Morgan fingerprint density at radius 3 is 3.15 bits per heavy atom. The van der Waals surface area contributed by atoms with Crippen LogP contribution >= 0.6 is 0 Å². The van der Waals surface area contributed by atoms with Crippen LogP contribution in [-0.4, -0.2) is 16.6 Å². The molecule has 0 aliphatic carbocycles. The molecule has 13 heavy (non-hydrogen) atoms. The number of ether oxygens (including phenoxy) is 1. The van der Waals surface area contributed by atoms with Gasteiger partial charge in [-0.3, -0.25) is 0 Å². The Morgan fingerprint density at radius 1 is 1.69 bits per heavy atom. The first-order chi connectivity index (χ1) is 6.24. The van der Waals surface area contributed by atoms with Gasteiger partial charge in [-0.25, -0.2) is 4.98 Å². The van der Waals surface area contributed by atoms with E-state index in [4.69, 9.17) is 16.9 Å². The normalized spacial score (nSPS) is 9.23. The van der Waals surface area contributed by atoms with Crippen molar-refractivity contribution >= 4 is 5.95 Å². The molecule has 1 rings (SSSR count). The highest BCUT2D eigenvalue weighted by Gasteiger charge is 2.05. The highest BCUT2D eigenvalue weighted by atomic mass is 19.1. The molecule has 0 aliphatic heterocycles. The summed E-state index contributed by atoms with van der Waals surface area (Å²) < 4.78 is 17.7. The van der Waals surface area contributed by atoms with Gasteiger partial charge in [0.15, 0.2) is 0 Å². The van der Waals surface area contributed by atoms with Crippen LogP contribution < -0.4 is 10.5 Å². The lowest BCUT2D eigenvalue weighted by atomic mass is 10.5. The Kier molecular flexibility index (Phi) is 3.03. The average molecular weight is 181 g/mol. The fraction of sp³-hybridized carbons (Fsp3) is 0.250. The number of anilines is 1. The largest absolute Gasteiger partial charge is 0.474 e. The van der Waals surface area contributed by atoms with Gasteiger partial charge in [-0.2, -0.15) is 9.37 Å². The second-order valence-electron chi connectivity index (χ2n) is 2.18. The average Bonchev–Trinajstić information content (AvgIpc) is 2.11. The van der Waals surface area contributed by atoms with Crippen molar-refractivity contribution < 1.29 is 9.13 Å². The lowest BCUT2D eigenvalue weighted by Gasteiger charge is -2.03. The van der Waals surface area contributed by atoms with Gasteiger partial charge in [0.05, 0.1) is 6.20 Å². The molecule has 0 amide bonds. The lowest BCUT2D eigenvalue weighted by molar-refractivity contribution is 0.296. The molecule has 0 aromatic carbocycles.